The van der Waals surface area contributed by atoms with Gasteiger partial charge in [-0.25, -0.2) is 0 Å². The first-order valence-corrected chi connectivity index (χ1v) is 10.5. The van der Waals surface area contributed by atoms with Crippen molar-refractivity contribution < 1.29 is 14.7 Å². The van der Waals surface area contributed by atoms with E-state index >= 15 is 0 Å². The van der Waals surface area contributed by atoms with E-state index in [9.17, 15) is 14.8 Å². The van der Waals surface area contributed by atoms with Crippen LogP contribution in [0, 0.1) is 6.92 Å². The Bertz CT molecular complexity index is 675. The van der Waals surface area contributed by atoms with E-state index in [0.29, 0.717) is 33.5 Å². The number of aromatic nitrogens is 2. The number of hydrogen-bond acceptors (Lipinski definition) is 6. The molecule has 9 heteroatoms. The van der Waals surface area contributed by atoms with E-state index in [1.165, 1.54) is 15.8 Å². The van der Waals surface area contributed by atoms with E-state index in [4.69, 9.17) is 9.47 Å². The third-order valence-corrected chi connectivity index (χ3v) is 5.67. The summed E-state index contributed by atoms with van der Waals surface area (Å²) in [5.41, 5.74) is -0.446. The van der Waals surface area contributed by atoms with Crippen LogP contribution < -0.4 is 11.2 Å². The van der Waals surface area contributed by atoms with Gasteiger partial charge in [0.25, 0.3) is 0 Å². The summed E-state index contributed by atoms with van der Waals surface area (Å²) in [6.07, 6.45) is 1.66. The van der Waals surface area contributed by atoms with Gasteiger partial charge in [0.1, 0.15) is 0 Å². The van der Waals surface area contributed by atoms with Crippen LogP contribution in [0.2, 0.25) is 11.1 Å². The van der Waals surface area contributed by atoms with Crippen molar-refractivity contribution >= 4 is 15.0 Å². The molecule has 0 amide bonds. The normalized spacial score (nSPS) is 31.3. The quantitative estimate of drug-likeness (QED) is 0.709. The molecule has 2 aliphatic rings. The minimum absolute atomic E-state index is 0.206. The Balaban J connectivity index is 1.77. The fourth-order valence-corrected chi connectivity index (χ4v) is 3.96. The van der Waals surface area contributed by atoms with Gasteiger partial charge >= 0.3 is 139 Å². The Morgan fingerprint density at radius 3 is 3.00 bits per heavy atom. The summed E-state index contributed by atoms with van der Waals surface area (Å²) in [5.74, 6) is 2.15. The standard InChI is InChI=1S/C14H21N3O5Se/c1-8-6-16(14(19)15-13(8)18)12-5-9-10(22-12)7-21-11(17(9)20)3-4-23-2/h6,9-12,20H,3-5,7H2,1-2H3,(H,15,18,19)/t9-,10-,11?,12-/m1/s1. The van der Waals surface area contributed by atoms with Crippen molar-refractivity contribution in [1.29, 1.82) is 0 Å². The summed E-state index contributed by atoms with van der Waals surface area (Å²) < 4.78 is 12.9. The predicted molar refractivity (Wildman–Crippen MR) is 82.8 cm³/mol. The minimum atomic E-state index is -0.513. The zero-order chi connectivity index (χ0) is 16.6. The van der Waals surface area contributed by atoms with Crippen LogP contribution in [0.15, 0.2) is 15.8 Å². The van der Waals surface area contributed by atoms with Gasteiger partial charge in [-0.2, -0.15) is 0 Å². The number of aryl methyl sites for hydroxylation is 1. The Morgan fingerprint density at radius 1 is 1.48 bits per heavy atom. The number of hydroxylamine groups is 2. The molecule has 8 nitrogen and oxygen atoms in total. The maximum atomic E-state index is 12.0. The Kier molecular flexibility index (Phi) is 5.05. The molecule has 0 bridgehead atoms. The first-order valence-electron chi connectivity index (χ1n) is 7.56. The van der Waals surface area contributed by atoms with Gasteiger partial charge in [0.2, 0.25) is 0 Å². The number of fused-ring (bicyclic) bond motifs is 1. The van der Waals surface area contributed by atoms with Crippen molar-refractivity contribution in [1.82, 2.24) is 14.6 Å². The molecule has 0 radical (unpaired) electrons. The summed E-state index contributed by atoms with van der Waals surface area (Å²) in [4.78, 5) is 25.8. The molecule has 0 aliphatic carbocycles. The van der Waals surface area contributed by atoms with Gasteiger partial charge < -0.3 is 0 Å². The van der Waals surface area contributed by atoms with Crippen molar-refractivity contribution in [2.24, 2.45) is 0 Å². The number of hydrogen-bond donors (Lipinski definition) is 2. The molecule has 0 saturated carbocycles. The van der Waals surface area contributed by atoms with Gasteiger partial charge in [-0.3, -0.25) is 0 Å². The van der Waals surface area contributed by atoms with Crippen LogP contribution in [0.4, 0.5) is 0 Å². The molecule has 3 rings (SSSR count). The zero-order valence-corrected chi connectivity index (χ0v) is 14.8. The fraction of sp³-hybridized carbons (Fsp3) is 0.714. The molecule has 0 spiro atoms. The molecule has 2 saturated heterocycles. The first-order chi connectivity index (χ1) is 11.0. The Morgan fingerprint density at radius 2 is 2.26 bits per heavy atom. The SMILES string of the molecule is C[Se]CCC1OC[C@H]2O[C@@H](n3cc(C)c(=O)[nH]c3=O)C[C@H]2N1O. The van der Waals surface area contributed by atoms with Crippen molar-refractivity contribution in [3.8, 4) is 0 Å². The third kappa shape index (κ3) is 3.30. The van der Waals surface area contributed by atoms with Gasteiger partial charge in [-0.1, -0.05) is 0 Å². The van der Waals surface area contributed by atoms with Gasteiger partial charge in [-0.15, -0.1) is 0 Å². The molecule has 0 aromatic carbocycles. The number of rotatable bonds is 4. The van der Waals surface area contributed by atoms with E-state index in [1.54, 1.807) is 6.92 Å². The van der Waals surface area contributed by atoms with Crippen LogP contribution in [-0.4, -0.2) is 59.8 Å². The van der Waals surface area contributed by atoms with E-state index < -0.39 is 17.5 Å². The molecule has 1 aromatic rings. The van der Waals surface area contributed by atoms with Crippen LogP contribution in [0.1, 0.15) is 24.6 Å². The predicted octanol–water partition coefficient (Wildman–Crippen LogP) is 0.109. The van der Waals surface area contributed by atoms with Crippen molar-refractivity contribution in [2.75, 3.05) is 6.61 Å². The molecule has 2 N–H and O–H groups in total. The molecule has 23 heavy (non-hydrogen) atoms. The molecule has 1 aromatic heterocycles. The fourth-order valence-electron chi connectivity index (χ4n) is 3.04. The second-order valence-electron chi connectivity index (χ2n) is 5.86. The van der Waals surface area contributed by atoms with E-state index in [1.807, 2.05) is 0 Å². The molecular formula is C14H21N3O5Se. The molecule has 2 fully saturated rings. The Labute approximate surface area is 139 Å². The van der Waals surface area contributed by atoms with Crippen molar-refractivity contribution in [3.63, 3.8) is 0 Å². The van der Waals surface area contributed by atoms with Crippen LogP contribution in [0.25, 0.3) is 0 Å². The zero-order valence-electron chi connectivity index (χ0n) is 13.1. The molecule has 4 atom stereocenters. The summed E-state index contributed by atoms with van der Waals surface area (Å²) in [6.45, 7) is 2.04. The van der Waals surface area contributed by atoms with Crippen LogP contribution in [-0.2, 0) is 9.47 Å². The number of nitrogens with zero attached hydrogens (tertiary/aromatic N) is 2. The summed E-state index contributed by atoms with van der Waals surface area (Å²) in [6, 6.07) is -0.206. The maximum absolute atomic E-state index is 12.0. The number of H-pyrrole nitrogens is 1. The number of ether oxygens (including phenoxy) is 2. The van der Waals surface area contributed by atoms with E-state index in [2.05, 4.69) is 10.8 Å². The van der Waals surface area contributed by atoms with Crippen LogP contribution >= 0.6 is 0 Å². The number of nitrogens with one attached hydrogen (secondary N) is 1. The average Bonchev–Trinajstić information content (AvgIpc) is 2.95. The first kappa shape index (κ1) is 16.9. The van der Waals surface area contributed by atoms with E-state index in [0.717, 1.165) is 11.7 Å². The summed E-state index contributed by atoms with van der Waals surface area (Å²) >= 11 is 0.538. The van der Waals surface area contributed by atoms with Gasteiger partial charge in [0.15, 0.2) is 0 Å². The number of aromatic amines is 1. The van der Waals surface area contributed by atoms with Crippen LogP contribution in [0.3, 0.4) is 0 Å². The molecule has 3 heterocycles. The molecular weight excluding hydrogens is 369 g/mol. The topological polar surface area (TPSA) is 96.8 Å². The summed E-state index contributed by atoms with van der Waals surface area (Å²) in [7, 11) is 0. The second kappa shape index (κ2) is 6.88. The van der Waals surface area contributed by atoms with Crippen molar-refractivity contribution in [3.05, 3.63) is 32.6 Å². The molecule has 2 aliphatic heterocycles. The third-order valence-electron chi connectivity index (χ3n) is 4.32. The monoisotopic (exact) mass is 391 g/mol. The molecule has 1 unspecified atom stereocenters. The van der Waals surface area contributed by atoms with Crippen molar-refractivity contribution in [2.45, 2.75) is 55.5 Å². The Hall–Kier alpha value is -0.961. The molecule has 128 valence electrons. The average molecular weight is 390 g/mol. The summed E-state index contributed by atoms with van der Waals surface area (Å²) in [5, 5.41) is 12.7. The van der Waals surface area contributed by atoms with Gasteiger partial charge in [-0.05, 0) is 0 Å². The van der Waals surface area contributed by atoms with Gasteiger partial charge in [0, 0.05) is 0 Å². The van der Waals surface area contributed by atoms with Crippen LogP contribution in [0.5, 0.6) is 0 Å². The van der Waals surface area contributed by atoms with E-state index in [-0.39, 0.29) is 18.4 Å². The van der Waals surface area contributed by atoms with Gasteiger partial charge in [0.05, 0.1) is 0 Å². The second-order valence-corrected chi connectivity index (χ2v) is 7.93.